The predicted octanol–water partition coefficient (Wildman–Crippen LogP) is 4.77. The highest BCUT2D eigenvalue weighted by Gasteiger charge is 2.62. The molecule has 1 N–H and O–H groups in total. The lowest BCUT2D eigenvalue weighted by atomic mass is 9.83. The van der Waals surface area contributed by atoms with Gasteiger partial charge in [0, 0.05) is 22.7 Å². The zero-order valence-electron chi connectivity index (χ0n) is 20.1. The number of azide groups is 1. The number of ether oxygens (including phenoxy) is 1. The molecular formula is C24H32ClN5O4. The number of nitrogens with zero attached hydrogens (tertiary/aromatic N) is 5. The molecule has 1 aromatic carbocycles. The van der Waals surface area contributed by atoms with Crippen molar-refractivity contribution in [1.82, 2.24) is 9.80 Å². The van der Waals surface area contributed by atoms with Crippen LogP contribution >= 0.6 is 11.6 Å². The molecule has 0 bridgehead atoms. The summed E-state index contributed by atoms with van der Waals surface area (Å²) in [5, 5.41) is 14.0. The summed E-state index contributed by atoms with van der Waals surface area (Å²) in [5.74, 6) is -0.276. The minimum Gasteiger partial charge on any atom is -0.465 e. The van der Waals surface area contributed by atoms with Crippen molar-refractivity contribution in [2.45, 2.75) is 58.1 Å². The standard InChI is InChI=1S/C24H32ClN5O4/c1-16(2)19-14-29(11-8-21(31)34-12-10-27-28-26)22(32)30-15-24(19,30)18-6-5-17(20(25)13-18)7-9-23(3,4)33/h5-6,13-14,16,33H,7-12,15H2,1-4H3/t24-,30?/m0/s1. The Kier molecular flexibility index (Phi) is 7.81. The fraction of sp³-hybridized carbons (Fsp3) is 0.583. The van der Waals surface area contributed by atoms with Crippen LogP contribution in [0.15, 0.2) is 35.1 Å². The lowest BCUT2D eigenvalue weighted by Crippen LogP contribution is -2.41. The zero-order chi connectivity index (χ0) is 25.1. The highest BCUT2D eigenvalue weighted by Crippen LogP contribution is 2.54. The maximum Gasteiger partial charge on any atom is 0.325 e. The van der Waals surface area contributed by atoms with Gasteiger partial charge in [-0.2, -0.15) is 0 Å². The Bertz CT molecular complexity index is 1030. The highest BCUT2D eigenvalue weighted by molar-refractivity contribution is 6.31. The zero-order valence-corrected chi connectivity index (χ0v) is 20.9. The molecule has 0 unspecified atom stereocenters. The highest BCUT2D eigenvalue weighted by atomic mass is 35.5. The van der Waals surface area contributed by atoms with Crippen molar-refractivity contribution >= 4 is 23.6 Å². The molecule has 1 atom stereocenters. The fourth-order valence-electron chi connectivity index (χ4n) is 4.33. The van der Waals surface area contributed by atoms with Gasteiger partial charge in [0.15, 0.2) is 0 Å². The van der Waals surface area contributed by atoms with Crippen LogP contribution in [0.3, 0.4) is 0 Å². The smallest absolute Gasteiger partial charge is 0.325 e. The van der Waals surface area contributed by atoms with Gasteiger partial charge in [-0.25, -0.2) is 4.79 Å². The number of halogens is 1. The van der Waals surface area contributed by atoms with E-state index in [9.17, 15) is 14.7 Å². The number of carbonyl (C=O) groups is 2. The number of aliphatic hydroxyl groups is 1. The van der Waals surface area contributed by atoms with Crippen molar-refractivity contribution < 1.29 is 19.4 Å². The maximum atomic E-state index is 13.1. The Labute approximate surface area is 204 Å². The van der Waals surface area contributed by atoms with E-state index in [1.54, 1.807) is 23.6 Å². The largest absolute Gasteiger partial charge is 0.465 e. The molecule has 0 spiro atoms. The number of hydrogen-bond acceptors (Lipinski definition) is 5. The van der Waals surface area contributed by atoms with Crippen LogP contribution in [-0.2, 0) is 21.5 Å². The number of esters is 1. The van der Waals surface area contributed by atoms with Crippen LogP contribution in [0.2, 0.25) is 5.02 Å². The second-order valence-electron chi connectivity index (χ2n) is 9.71. The molecule has 0 aromatic heterocycles. The number of carbonyl (C=O) groups excluding carboxylic acids is 2. The number of aryl methyl sites for hydroxylation is 1. The molecule has 1 fully saturated rings. The van der Waals surface area contributed by atoms with E-state index < -0.39 is 17.1 Å². The average molecular weight is 490 g/mol. The molecule has 2 aliphatic heterocycles. The van der Waals surface area contributed by atoms with Crippen molar-refractivity contribution in [3.63, 3.8) is 0 Å². The van der Waals surface area contributed by atoms with Gasteiger partial charge in [0.25, 0.3) is 0 Å². The first kappa shape index (κ1) is 25.9. The molecule has 1 saturated heterocycles. The van der Waals surface area contributed by atoms with Gasteiger partial charge in [-0.1, -0.05) is 42.7 Å². The molecular weight excluding hydrogens is 458 g/mol. The number of rotatable bonds is 11. The van der Waals surface area contributed by atoms with Crippen LogP contribution in [0.25, 0.3) is 10.4 Å². The molecule has 184 valence electrons. The monoisotopic (exact) mass is 489 g/mol. The van der Waals surface area contributed by atoms with Gasteiger partial charge < -0.3 is 19.6 Å². The van der Waals surface area contributed by atoms with Gasteiger partial charge in [0.1, 0.15) is 5.54 Å². The van der Waals surface area contributed by atoms with Gasteiger partial charge in [-0.15, -0.1) is 0 Å². The van der Waals surface area contributed by atoms with Crippen LogP contribution in [-0.4, -0.2) is 58.7 Å². The Hall–Kier alpha value is -2.74. The van der Waals surface area contributed by atoms with Gasteiger partial charge in [0.2, 0.25) is 0 Å². The Balaban J connectivity index is 1.75. The number of fused-ring (bicyclic) bond motifs is 1. The molecule has 34 heavy (non-hydrogen) atoms. The Morgan fingerprint density at radius 1 is 1.41 bits per heavy atom. The number of amides is 2. The molecule has 1 aromatic rings. The van der Waals surface area contributed by atoms with Crippen molar-refractivity contribution in [3.05, 3.63) is 56.6 Å². The van der Waals surface area contributed by atoms with Crippen molar-refractivity contribution in [2.75, 3.05) is 26.2 Å². The first-order chi connectivity index (χ1) is 16.0. The Morgan fingerprint density at radius 2 is 2.15 bits per heavy atom. The SMILES string of the molecule is CC(C)C1=CN(CCC(=O)OCCN=[N+]=[N-])C(=O)N2C[C@]12c1ccc(CCC(C)(C)O)c(Cl)c1. The normalized spacial score (nSPS) is 19.5. The summed E-state index contributed by atoms with van der Waals surface area (Å²) in [5.41, 5.74) is 10.0. The molecule has 9 nitrogen and oxygen atoms in total. The van der Waals surface area contributed by atoms with Crippen LogP contribution in [0.4, 0.5) is 4.79 Å². The lowest BCUT2D eigenvalue weighted by molar-refractivity contribution is -0.143. The third kappa shape index (κ3) is 5.66. The summed E-state index contributed by atoms with van der Waals surface area (Å²) in [6.45, 7) is 8.59. The number of urea groups is 1. The van der Waals surface area contributed by atoms with E-state index in [4.69, 9.17) is 21.9 Å². The molecule has 10 heteroatoms. The first-order valence-corrected chi connectivity index (χ1v) is 11.9. The predicted molar refractivity (Wildman–Crippen MR) is 129 cm³/mol. The third-order valence-electron chi connectivity index (χ3n) is 6.23. The van der Waals surface area contributed by atoms with Crippen LogP contribution in [0.1, 0.15) is 51.7 Å². The van der Waals surface area contributed by atoms with Crippen molar-refractivity contribution in [2.24, 2.45) is 11.0 Å². The van der Waals surface area contributed by atoms with Crippen LogP contribution in [0, 0.1) is 5.92 Å². The van der Waals surface area contributed by atoms with Crippen molar-refractivity contribution in [1.29, 1.82) is 0 Å². The first-order valence-electron chi connectivity index (χ1n) is 11.5. The number of benzene rings is 1. The molecule has 2 heterocycles. The summed E-state index contributed by atoms with van der Waals surface area (Å²) < 4.78 is 5.03. The summed E-state index contributed by atoms with van der Waals surface area (Å²) in [6.07, 6.45) is 3.17. The molecule has 2 amide bonds. The topological polar surface area (TPSA) is 119 Å². The Morgan fingerprint density at radius 3 is 2.76 bits per heavy atom. The average Bonchev–Trinajstić information content (AvgIpc) is 3.52. The van der Waals surface area contributed by atoms with Crippen molar-refractivity contribution in [3.8, 4) is 0 Å². The van der Waals surface area contributed by atoms with E-state index in [0.717, 1.165) is 16.7 Å². The lowest BCUT2D eigenvalue weighted by Gasteiger charge is -2.33. The second-order valence-corrected chi connectivity index (χ2v) is 10.1. The summed E-state index contributed by atoms with van der Waals surface area (Å²) >= 11 is 6.60. The van der Waals surface area contributed by atoms with E-state index in [1.807, 2.05) is 24.4 Å². The van der Waals surface area contributed by atoms with E-state index in [2.05, 4.69) is 23.9 Å². The molecule has 0 aliphatic carbocycles. The van der Waals surface area contributed by atoms with E-state index >= 15 is 0 Å². The van der Waals surface area contributed by atoms with E-state index in [-0.39, 0.29) is 38.1 Å². The molecule has 0 radical (unpaired) electrons. The van der Waals surface area contributed by atoms with Crippen LogP contribution < -0.4 is 0 Å². The second kappa shape index (κ2) is 10.3. The fourth-order valence-corrected chi connectivity index (χ4v) is 4.61. The van der Waals surface area contributed by atoms with E-state index in [1.165, 1.54) is 0 Å². The third-order valence-corrected chi connectivity index (χ3v) is 6.58. The van der Waals surface area contributed by atoms with Gasteiger partial charge >= 0.3 is 12.0 Å². The summed E-state index contributed by atoms with van der Waals surface area (Å²) in [4.78, 5) is 31.1. The minimum atomic E-state index is -0.766. The quantitative estimate of drug-likeness (QED) is 0.120. The van der Waals surface area contributed by atoms with Crippen LogP contribution in [0.5, 0.6) is 0 Å². The molecule has 0 saturated carbocycles. The minimum absolute atomic E-state index is 0.0196. The van der Waals surface area contributed by atoms with Gasteiger partial charge in [-0.3, -0.25) is 4.79 Å². The summed E-state index contributed by atoms with van der Waals surface area (Å²) in [6, 6.07) is 5.77. The van der Waals surface area contributed by atoms with Gasteiger partial charge in [-0.05, 0) is 60.9 Å². The summed E-state index contributed by atoms with van der Waals surface area (Å²) in [7, 11) is 0. The maximum absolute atomic E-state index is 13.1. The molecule has 2 aliphatic rings. The van der Waals surface area contributed by atoms with E-state index in [0.29, 0.717) is 24.4 Å². The number of hydrogen-bond donors (Lipinski definition) is 1. The molecule has 3 rings (SSSR count). The van der Waals surface area contributed by atoms with Gasteiger partial charge in [0.05, 0.1) is 31.7 Å².